The topological polar surface area (TPSA) is 63.7 Å². The summed E-state index contributed by atoms with van der Waals surface area (Å²) in [6, 6.07) is 10.5. The number of Topliss-reactive ketones (excluding diaryl/α,β-unsaturated/α-hetero) is 1. The Kier molecular flexibility index (Phi) is 3.63. The van der Waals surface area contributed by atoms with Crippen molar-refractivity contribution in [2.45, 2.75) is 6.42 Å². The predicted octanol–water partition coefficient (Wildman–Crippen LogP) is 3.57. The molecule has 7 rings (SSSR count). The van der Waals surface area contributed by atoms with Crippen molar-refractivity contribution < 1.29 is 19.1 Å². The van der Waals surface area contributed by atoms with E-state index in [0.29, 0.717) is 28.1 Å². The Morgan fingerprint density at radius 1 is 1.00 bits per heavy atom. The van der Waals surface area contributed by atoms with Crippen LogP contribution in [0, 0.1) is 35.5 Å². The molecule has 6 heteroatoms. The molecule has 29 heavy (non-hydrogen) atoms. The minimum Gasteiger partial charge on any atom is -0.485 e. The lowest BCUT2D eigenvalue weighted by atomic mass is 9.63. The van der Waals surface area contributed by atoms with Gasteiger partial charge in [0.25, 0.3) is 0 Å². The van der Waals surface area contributed by atoms with E-state index in [1.807, 2.05) is 11.4 Å². The number of carbonyl (C=O) groups is 3. The lowest BCUT2D eigenvalue weighted by molar-refractivity contribution is -0.124. The summed E-state index contributed by atoms with van der Waals surface area (Å²) in [7, 11) is 0. The quantitative estimate of drug-likeness (QED) is 0.433. The third-order valence-electron chi connectivity index (χ3n) is 6.92. The van der Waals surface area contributed by atoms with Gasteiger partial charge >= 0.3 is 0 Å². The van der Waals surface area contributed by atoms with E-state index in [0.717, 1.165) is 6.42 Å². The fraction of sp³-hybridized carbons (Fsp3) is 0.348. The van der Waals surface area contributed by atoms with Gasteiger partial charge < -0.3 is 4.74 Å². The van der Waals surface area contributed by atoms with Gasteiger partial charge in [-0.1, -0.05) is 18.2 Å². The van der Waals surface area contributed by atoms with Crippen LogP contribution in [0.25, 0.3) is 0 Å². The Balaban J connectivity index is 1.19. The lowest BCUT2D eigenvalue weighted by Crippen LogP contribution is -2.40. The second-order valence-electron chi connectivity index (χ2n) is 8.35. The molecule has 5 aliphatic rings. The first kappa shape index (κ1) is 17.2. The van der Waals surface area contributed by atoms with E-state index in [1.54, 1.807) is 30.3 Å². The van der Waals surface area contributed by atoms with Crippen molar-refractivity contribution in [3.05, 3.63) is 58.8 Å². The SMILES string of the molecule is O=C(COc1ccc(N2C(=O)[C@@H]3[C@H]4C=C[C@@H]([C@@H]5C[C@H]45)[C@H]3C2=O)cc1)c1cccs1. The molecular weight excluding hydrogens is 386 g/mol. The number of anilines is 1. The number of imide groups is 1. The molecule has 2 heterocycles. The number of thiophene rings is 1. The van der Waals surface area contributed by atoms with Crippen molar-refractivity contribution in [1.82, 2.24) is 0 Å². The van der Waals surface area contributed by atoms with Gasteiger partial charge in [-0.2, -0.15) is 0 Å². The summed E-state index contributed by atoms with van der Waals surface area (Å²) in [6.45, 7) is -0.0383. The smallest absolute Gasteiger partial charge is 0.238 e. The van der Waals surface area contributed by atoms with Gasteiger partial charge in [0.15, 0.2) is 6.61 Å². The Labute approximate surface area is 172 Å². The molecular formula is C23H19NO4S. The van der Waals surface area contributed by atoms with Crippen LogP contribution in [0.15, 0.2) is 53.9 Å². The van der Waals surface area contributed by atoms with Gasteiger partial charge in [0.2, 0.25) is 17.6 Å². The molecule has 1 saturated heterocycles. The molecule has 0 spiro atoms. The highest BCUT2D eigenvalue weighted by molar-refractivity contribution is 7.12. The van der Waals surface area contributed by atoms with Crippen LogP contribution in [0.4, 0.5) is 5.69 Å². The van der Waals surface area contributed by atoms with Crippen LogP contribution in [0.5, 0.6) is 5.75 Å². The van der Waals surface area contributed by atoms with E-state index >= 15 is 0 Å². The van der Waals surface area contributed by atoms with Crippen LogP contribution in [-0.4, -0.2) is 24.2 Å². The fourth-order valence-electron chi connectivity index (χ4n) is 5.56. The zero-order chi connectivity index (χ0) is 19.7. The summed E-state index contributed by atoms with van der Waals surface area (Å²) in [4.78, 5) is 40.4. The van der Waals surface area contributed by atoms with Gasteiger partial charge in [0.1, 0.15) is 5.75 Å². The van der Waals surface area contributed by atoms with Crippen LogP contribution in [-0.2, 0) is 9.59 Å². The maximum atomic E-state index is 13.1. The van der Waals surface area contributed by atoms with E-state index in [1.165, 1.54) is 16.2 Å². The number of ether oxygens (including phenoxy) is 1. The van der Waals surface area contributed by atoms with Gasteiger partial charge in [-0.15, -0.1) is 11.3 Å². The number of amides is 2. The number of hydrogen-bond acceptors (Lipinski definition) is 5. The van der Waals surface area contributed by atoms with Crippen LogP contribution < -0.4 is 9.64 Å². The highest BCUT2D eigenvalue weighted by Crippen LogP contribution is 2.65. The maximum Gasteiger partial charge on any atom is 0.238 e. The average Bonchev–Trinajstić information content (AvgIpc) is 3.31. The number of nitrogens with zero attached hydrogens (tertiary/aromatic N) is 1. The molecule has 0 radical (unpaired) electrons. The van der Waals surface area contributed by atoms with Crippen molar-refractivity contribution in [1.29, 1.82) is 0 Å². The molecule has 3 fully saturated rings. The zero-order valence-corrected chi connectivity index (χ0v) is 16.4. The lowest BCUT2D eigenvalue weighted by Gasteiger charge is -2.37. The van der Waals surface area contributed by atoms with Gasteiger partial charge in [0, 0.05) is 0 Å². The summed E-state index contributed by atoms with van der Waals surface area (Å²) in [6.07, 6.45) is 5.51. The molecule has 1 aromatic heterocycles. The zero-order valence-electron chi connectivity index (χ0n) is 15.6. The van der Waals surface area contributed by atoms with E-state index in [4.69, 9.17) is 4.74 Å². The van der Waals surface area contributed by atoms with Crippen LogP contribution >= 0.6 is 11.3 Å². The van der Waals surface area contributed by atoms with Crippen LogP contribution in [0.3, 0.4) is 0 Å². The second kappa shape index (κ2) is 6.13. The van der Waals surface area contributed by atoms with Gasteiger partial charge in [-0.3, -0.25) is 19.3 Å². The first-order chi connectivity index (χ1) is 14.1. The largest absolute Gasteiger partial charge is 0.485 e. The van der Waals surface area contributed by atoms with Crippen molar-refractivity contribution in [2.75, 3.05) is 11.5 Å². The molecule has 5 nitrogen and oxygen atoms in total. The Bertz CT molecular complexity index is 1010. The van der Waals surface area contributed by atoms with E-state index in [9.17, 15) is 14.4 Å². The van der Waals surface area contributed by atoms with Gasteiger partial charge in [-0.25, -0.2) is 0 Å². The molecule has 6 atom stereocenters. The Morgan fingerprint density at radius 2 is 1.66 bits per heavy atom. The number of carbonyl (C=O) groups excluding carboxylic acids is 3. The van der Waals surface area contributed by atoms with E-state index in [2.05, 4.69) is 12.2 Å². The third kappa shape index (κ3) is 2.48. The summed E-state index contributed by atoms with van der Waals surface area (Å²) in [5, 5.41) is 1.86. The van der Waals surface area contributed by atoms with Crippen molar-refractivity contribution in [3.63, 3.8) is 0 Å². The summed E-state index contributed by atoms with van der Waals surface area (Å²) in [5.74, 6) is 1.60. The Hall–Kier alpha value is -2.73. The van der Waals surface area contributed by atoms with Gasteiger partial charge in [0.05, 0.1) is 22.4 Å². The molecule has 2 amide bonds. The number of rotatable bonds is 5. The number of ketones is 1. The molecule has 2 saturated carbocycles. The van der Waals surface area contributed by atoms with Crippen LogP contribution in [0.1, 0.15) is 16.1 Å². The highest BCUT2D eigenvalue weighted by atomic mass is 32.1. The molecule has 1 aliphatic heterocycles. The van der Waals surface area contributed by atoms with E-state index < -0.39 is 0 Å². The summed E-state index contributed by atoms with van der Waals surface area (Å²) >= 11 is 1.39. The van der Waals surface area contributed by atoms with Crippen molar-refractivity contribution >= 4 is 34.6 Å². The molecule has 2 aromatic rings. The third-order valence-corrected chi connectivity index (χ3v) is 7.83. The minimum absolute atomic E-state index is 0.0383. The van der Waals surface area contributed by atoms with E-state index in [-0.39, 0.29) is 47.9 Å². The molecule has 0 N–H and O–H groups in total. The normalized spacial score (nSPS) is 33.6. The Morgan fingerprint density at radius 3 is 2.24 bits per heavy atom. The summed E-state index contributed by atoms with van der Waals surface area (Å²) < 4.78 is 5.58. The molecule has 146 valence electrons. The highest BCUT2D eigenvalue weighted by Gasteiger charge is 2.67. The first-order valence-corrected chi connectivity index (χ1v) is 10.9. The second-order valence-corrected chi connectivity index (χ2v) is 9.30. The van der Waals surface area contributed by atoms with Crippen LogP contribution in [0.2, 0.25) is 0 Å². The molecule has 1 aromatic carbocycles. The van der Waals surface area contributed by atoms with Crippen molar-refractivity contribution in [3.8, 4) is 5.75 Å². The number of hydrogen-bond donors (Lipinski definition) is 0. The monoisotopic (exact) mass is 405 g/mol. The molecule has 4 aliphatic carbocycles. The predicted molar refractivity (Wildman–Crippen MR) is 108 cm³/mol. The summed E-state index contributed by atoms with van der Waals surface area (Å²) in [5.41, 5.74) is 0.583. The van der Waals surface area contributed by atoms with Gasteiger partial charge in [-0.05, 0) is 65.8 Å². The minimum atomic E-state index is -0.194. The average molecular weight is 405 g/mol. The first-order valence-electron chi connectivity index (χ1n) is 9.99. The fourth-order valence-corrected chi connectivity index (χ4v) is 6.21. The van der Waals surface area contributed by atoms with Crippen molar-refractivity contribution in [2.24, 2.45) is 35.5 Å². The number of benzene rings is 1. The standard InChI is InChI=1S/C23H19NO4S/c25-18(19-2-1-9-29-19)11-28-13-5-3-12(4-6-13)24-22(26)20-14-7-8-15(17-10-16(14)17)21(20)23(24)27/h1-9,14-17,20-21H,10-11H2/t14-,15-,16-,17+,20+,21+/m0/s1. The number of allylic oxidation sites excluding steroid dienone is 2. The maximum absolute atomic E-state index is 13.1. The molecule has 0 unspecified atom stereocenters. The molecule has 2 bridgehead atoms.